The number of carbonyl (C=O) groups excluding carboxylic acids is 1. The van der Waals surface area contributed by atoms with Gasteiger partial charge in [0.05, 0.1) is 24.8 Å². The molecular weight excluding hydrogens is 454 g/mol. The van der Waals surface area contributed by atoms with Gasteiger partial charge in [0, 0.05) is 24.8 Å². The second-order valence-electron chi connectivity index (χ2n) is 8.03. The van der Waals surface area contributed by atoms with E-state index in [1.54, 1.807) is 49.6 Å². The van der Waals surface area contributed by atoms with Crippen LogP contribution in [0.3, 0.4) is 0 Å². The number of amides is 2. The lowest BCUT2D eigenvalue weighted by Gasteiger charge is -2.28. The summed E-state index contributed by atoms with van der Waals surface area (Å²) in [5.74, 6) is 1.08. The van der Waals surface area contributed by atoms with Crippen LogP contribution in [-0.4, -0.2) is 39.5 Å². The number of anilines is 2. The van der Waals surface area contributed by atoms with Crippen molar-refractivity contribution < 1.29 is 22.7 Å². The van der Waals surface area contributed by atoms with Crippen LogP contribution in [-0.2, 0) is 23.0 Å². The Morgan fingerprint density at radius 3 is 2.38 bits per heavy atom. The molecule has 9 heteroatoms. The highest BCUT2D eigenvalue weighted by atomic mass is 32.2. The van der Waals surface area contributed by atoms with Crippen molar-refractivity contribution in [3.05, 3.63) is 77.4 Å². The molecule has 0 saturated heterocycles. The van der Waals surface area contributed by atoms with Gasteiger partial charge in [-0.15, -0.1) is 0 Å². The third kappa shape index (κ3) is 5.00. The minimum atomic E-state index is -3.60. The zero-order valence-electron chi connectivity index (χ0n) is 19.3. The average Bonchev–Trinajstić information content (AvgIpc) is 2.84. The molecule has 0 saturated carbocycles. The molecule has 0 radical (unpaired) electrons. The summed E-state index contributed by atoms with van der Waals surface area (Å²) in [7, 11) is -0.537. The number of benzene rings is 3. The standard InChI is InChI=1S/C25H27N3O5S/c1-17-4-9-22(10-5-17)34(30,31)28-13-12-18-6-7-20(14-19(18)16-28)26-25(29)27-23-11-8-21(32-2)15-24(23)33-3/h4-11,14-15H,12-13,16H2,1-3H3,(H2,26,27,29). The van der Waals surface area contributed by atoms with Gasteiger partial charge >= 0.3 is 6.03 Å². The second-order valence-corrected chi connectivity index (χ2v) is 9.97. The van der Waals surface area contributed by atoms with E-state index < -0.39 is 16.1 Å². The first-order chi connectivity index (χ1) is 16.3. The predicted molar refractivity (Wildman–Crippen MR) is 131 cm³/mol. The summed E-state index contributed by atoms with van der Waals surface area (Å²) in [5.41, 5.74) is 4.00. The SMILES string of the molecule is COc1ccc(NC(=O)Nc2ccc3c(c2)CN(S(=O)(=O)c2ccc(C)cc2)CC3)c(OC)c1. The number of methoxy groups -OCH3 is 2. The number of ether oxygens (including phenoxy) is 2. The normalized spacial score (nSPS) is 13.6. The summed E-state index contributed by atoms with van der Waals surface area (Å²) in [5, 5.41) is 5.57. The Kier molecular flexibility index (Phi) is 6.76. The number of hydrogen-bond acceptors (Lipinski definition) is 5. The number of nitrogens with one attached hydrogen (secondary N) is 2. The van der Waals surface area contributed by atoms with Gasteiger partial charge in [0.15, 0.2) is 0 Å². The van der Waals surface area contributed by atoms with E-state index in [0.29, 0.717) is 35.8 Å². The molecule has 8 nitrogen and oxygen atoms in total. The minimum Gasteiger partial charge on any atom is -0.497 e. The van der Waals surface area contributed by atoms with Crippen molar-refractivity contribution in [2.24, 2.45) is 0 Å². The number of nitrogens with zero attached hydrogens (tertiary/aromatic N) is 1. The van der Waals surface area contributed by atoms with E-state index in [2.05, 4.69) is 10.6 Å². The van der Waals surface area contributed by atoms with Crippen LogP contribution in [0.15, 0.2) is 65.6 Å². The smallest absolute Gasteiger partial charge is 0.323 e. The van der Waals surface area contributed by atoms with E-state index >= 15 is 0 Å². The van der Waals surface area contributed by atoms with Crippen molar-refractivity contribution in [1.82, 2.24) is 4.31 Å². The van der Waals surface area contributed by atoms with Crippen LogP contribution >= 0.6 is 0 Å². The van der Waals surface area contributed by atoms with Gasteiger partial charge in [0.2, 0.25) is 10.0 Å². The first-order valence-corrected chi connectivity index (χ1v) is 12.2. The molecule has 0 aliphatic carbocycles. The van der Waals surface area contributed by atoms with Gasteiger partial charge in [-0.05, 0) is 60.9 Å². The topological polar surface area (TPSA) is 97.0 Å². The van der Waals surface area contributed by atoms with Crippen molar-refractivity contribution in [2.75, 3.05) is 31.4 Å². The summed E-state index contributed by atoms with van der Waals surface area (Å²) < 4.78 is 38.2. The molecule has 3 aromatic carbocycles. The number of sulfonamides is 1. The van der Waals surface area contributed by atoms with E-state index in [4.69, 9.17) is 9.47 Å². The molecule has 0 aromatic heterocycles. The monoisotopic (exact) mass is 481 g/mol. The second kappa shape index (κ2) is 9.74. The Hall–Kier alpha value is -3.56. The van der Waals surface area contributed by atoms with Crippen molar-refractivity contribution >= 4 is 27.4 Å². The lowest BCUT2D eigenvalue weighted by Crippen LogP contribution is -2.36. The fourth-order valence-corrected chi connectivity index (χ4v) is 5.28. The first kappa shape index (κ1) is 23.6. The first-order valence-electron chi connectivity index (χ1n) is 10.8. The molecule has 3 aromatic rings. The lowest BCUT2D eigenvalue weighted by atomic mass is 10.0. The molecule has 4 rings (SSSR count). The molecule has 2 N–H and O–H groups in total. The number of rotatable bonds is 6. The maximum Gasteiger partial charge on any atom is 0.323 e. The summed E-state index contributed by atoms with van der Waals surface area (Å²) in [4.78, 5) is 12.9. The number of urea groups is 1. The van der Waals surface area contributed by atoms with Gasteiger partial charge in [0.1, 0.15) is 11.5 Å². The van der Waals surface area contributed by atoms with E-state index in [9.17, 15) is 13.2 Å². The Bertz CT molecular complexity index is 1310. The summed E-state index contributed by atoms with van der Waals surface area (Å²) in [6.07, 6.45) is 0.607. The Labute approximate surface area is 199 Å². The summed E-state index contributed by atoms with van der Waals surface area (Å²) in [6, 6.07) is 17.1. The predicted octanol–water partition coefficient (Wildman–Crippen LogP) is 4.40. The third-order valence-electron chi connectivity index (χ3n) is 5.76. The van der Waals surface area contributed by atoms with Crippen LogP contribution in [0, 0.1) is 6.92 Å². The molecule has 0 spiro atoms. The highest BCUT2D eigenvalue weighted by molar-refractivity contribution is 7.89. The number of aryl methyl sites for hydroxylation is 1. The van der Waals surface area contributed by atoms with Crippen LogP contribution in [0.5, 0.6) is 11.5 Å². The average molecular weight is 482 g/mol. The molecule has 178 valence electrons. The highest BCUT2D eigenvalue weighted by Gasteiger charge is 2.28. The maximum atomic E-state index is 13.1. The van der Waals surface area contributed by atoms with Gasteiger partial charge in [0.25, 0.3) is 0 Å². The van der Waals surface area contributed by atoms with E-state index in [1.165, 1.54) is 11.4 Å². The third-order valence-corrected chi connectivity index (χ3v) is 7.62. The van der Waals surface area contributed by atoms with Crippen LogP contribution < -0.4 is 20.1 Å². The number of carbonyl (C=O) groups is 1. The minimum absolute atomic E-state index is 0.245. The number of fused-ring (bicyclic) bond motifs is 1. The summed E-state index contributed by atoms with van der Waals surface area (Å²) >= 11 is 0. The maximum absolute atomic E-state index is 13.1. The van der Waals surface area contributed by atoms with Crippen molar-refractivity contribution in [2.45, 2.75) is 24.8 Å². The van der Waals surface area contributed by atoms with Crippen LogP contribution in [0.2, 0.25) is 0 Å². The molecule has 0 atom stereocenters. The zero-order valence-corrected chi connectivity index (χ0v) is 20.1. The Morgan fingerprint density at radius 1 is 0.912 bits per heavy atom. The quantitative estimate of drug-likeness (QED) is 0.544. The lowest BCUT2D eigenvalue weighted by molar-refractivity contribution is 0.262. The van der Waals surface area contributed by atoms with Crippen LogP contribution in [0.4, 0.5) is 16.2 Å². The van der Waals surface area contributed by atoms with Gasteiger partial charge in [-0.25, -0.2) is 13.2 Å². The fraction of sp³-hybridized carbons (Fsp3) is 0.240. The summed E-state index contributed by atoms with van der Waals surface area (Å²) in [6.45, 7) is 2.58. The largest absolute Gasteiger partial charge is 0.497 e. The van der Waals surface area contributed by atoms with Crippen LogP contribution in [0.1, 0.15) is 16.7 Å². The molecule has 0 bridgehead atoms. The Balaban J connectivity index is 1.48. The van der Waals surface area contributed by atoms with Crippen molar-refractivity contribution in [3.63, 3.8) is 0 Å². The fourth-order valence-electron chi connectivity index (χ4n) is 3.86. The van der Waals surface area contributed by atoms with E-state index in [-0.39, 0.29) is 11.4 Å². The zero-order chi connectivity index (χ0) is 24.3. The molecule has 34 heavy (non-hydrogen) atoms. The molecule has 0 unspecified atom stereocenters. The molecule has 1 aliphatic rings. The number of hydrogen-bond donors (Lipinski definition) is 2. The van der Waals surface area contributed by atoms with E-state index in [0.717, 1.165) is 16.7 Å². The van der Waals surface area contributed by atoms with Gasteiger partial charge in [-0.1, -0.05) is 23.8 Å². The molecule has 0 fully saturated rings. The van der Waals surface area contributed by atoms with Crippen molar-refractivity contribution in [1.29, 1.82) is 0 Å². The van der Waals surface area contributed by atoms with Gasteiger partial charge < -0.3 is 20.1 Å². The van der Waals surface area contributed by atoms with E-state index in [1.807, 2.05) is 25.1 Å². The Morgan fingerprint density at radius 2 is 1.68 bits per heavy atom. The molecule has 1 aliphatic heterocycles. The molecular formula is C25H27N3O5S. The van der Waals surface area contributed by atoms with Crippen molar-refractivity contribution in [3.8, 4) is 11.5 Å². The van der Waals surface area contributed by atoms with Gasteiger partial charge in [-0.2, -0.15) is 4.31 Å². The van der Waals surface area contributed by atoms with Gasteiger partial charge in [-0.3, -0.25) is 0 Å². The highest BCUT2D eigenvalue weighted by Crippen LogP contribution is 2.30. The van der Waals surface area contributed by atoms with Crippen LogP contribution in [0.25, 0.3) is 0 Å². The molecule has 1 heterocycles. The molecule has 2 amide bonds.